The molecule has 3 heterocycles. The van der Waals surface area contributed by atoms with E-state index in [1.54, 1.807) is 42.7 Å². The molecule has 5 rings (SSSR count). The molecule has 0 saturated heterocycles. The van der Waals surface area contributed by atoms with Gasteiger partial charge in [0.1, 0.15) is 13.2 Å². The number of rotatable bonds is 6. The average molecular weight is 1070 g/mol. The summed E-state index contributed by atoms with van der Waals surface area (Å²) in [5.41, 5.74) is 3.20. The van der Waals surface area contributed by atoms with E-state index in [9.17, 15) is 9.59 Å². The van der Waals surface area contributed by atoms with Gasteiger partial charge < -0.3 is 69.3 Å². The number of benzene rings is 2. The fourth-order valence-corrected chi connectivity index (χ4v) is 4.39. The van der Waals surface area contributed by atoms with Gasteiger partial charge in [-0.25, -0.2) is 0 Å². The Kier molecular flexibility index (Phi) is 50.5. The van der Waals surface area contributed by atoms with Crippen LogP contribution in [0.3, 0.4) is 0 Å². The zero-order valence-corrected chi connectivity index (χ0v) is 40.4. The van der Waals surface area contributed by atoms with Crippen LogP contribution < -0.4 is 96.3 Å². The molecule has 2 aromatic carbocycles. The Morgan fingerprint density at radius 2 is 0.933 bits per heavy atom. The molecule has 0 bridgehead atoms. The monoisotopic (exact) mass is 1070 g/mol. The van der Waals surface area contributed by atoms with Gasteiger partial charge in [0.2, 0.25) is 0 Å². The van der Waals surface area contributed by atoms with Crippen molar-refractivity contribution in [2.24, 2.45) is 0 Å². The third kappa shape index (κ3) is 29.4. The molecule has 0 aliphatic carbocycles. The number of halogens is 2. The molecule has 60 heavy (non-hydrogen) atoms. The maximum atomic E-state index is 12.9. The van der Waals surface area contributed by atoms with Crippen LogP contribution in [0.25, 0.3) is 11.4 Å². The molecule has 2 amide bonds. The second-order valence-corrected chi connectivity index (χ2v) is 10.6. The summed E-state index contributed by atoms with van der Waals surface area (Å²) < 4.78 is 56.2. The minimum atomic E-state index is -0.312. The summed E-state index contributed by atoms with van der Waals surface area (Å²) in [5.74, 6) is 0.325. The Bertz CT molecular complexity index is 1690. The number of nitrogens with zero attached hydrogens (tertiary/aromatic N) is 2. The van der Waals surface area contributed by atoms with Crippen LogP contribution >= 0.6 is 0 Å². The minimum absolute atomic E-state index is 0. The fraction of sp³-hybridized carbons (Fsp3) is 0.325. The number of ether oxygens (including phenoxy) is 6. The van der Waals surface area contributed by atoms with Gasteiger partial charge in [-0.2, -0.15) is 0 Å². The molecule has 1 radical (unpaired) electrons. The Balaban J connectivity index is -0.000000526. The van der Waals surface area contributed by atoms with Crippen LogP contribution in [0.1, 0.15) is 26.3 Å². The first kappa shape index (κ1) is 66.3. The number of hydrogen-bond acceptors (Lipinski definition) is 10. The molecule has 0 saturated carbocycles. The molecule has 0 atom stereocenters. The van der Waals surface area contributed by atoms with Gasteiger partial charge in [-0.05, 0) is 55.0 Å². The molecule has 20 heteroatoms. The van der Waals surface area contributed by atoms with Gasteiger partial charge in [0.15, 0.2) is 11.5 Å². The number of carbonyl (C=O) groups is 2. The summed E-state index contributed by atoms with van der Waals surface area (Å²) in [5, 5.41) is 5.64. The second kappa shape index (κ2) is 45.7. The average Bonchev–Trinajstić information content (AvgIpc) is 3.25. The Morgan fingerprint density at radius 1 is 0.567 bits per heavy atom. The largest absolute Gasteiger partial charge is 2.00 e. The molecule has 321 valence electrons. The van der Waals surface area contributed by atoms with Crippen LogP contribution in [0.15, 0.2) is 91.3 Å². The number of amides is 2. The number of hydrogen-bond donors (Lipinski definition) is 2. The van der Waals surface area contributed by atoms with E-state index >= 15 is 0 Å². The van der Waals surface area contributed by atoms with Crippen LogP contribution in [0, 0.1) is 26.9 Å². The number of aromatic nitrogens is 2. The smallest absolute Gasteiger partial charge is 1.00 e. The van der Waals surface area contributed by atoms with Crippen LogP contribution in [0.4, 0.5) is 0 Å². The molecule has 0 spiro atoms. The minimum Gasteiger partial charge on any atom is -2.00 e. The normalized spacial score (nSPS) is 12.0. The van der Waals surface area contributed by atoms with Crippen molar-refractivity contribution in [3.8, 4) is 22.9 Å². The number of fused-ring (bicyclic) bond motifs is 1. The molecule has 16 nitrogen and oxygen atoms in total. The van der Waals surface area contributed by atoms with E-state index in [1.807, 2.05) is 55.5 Å². The van der Waals surface area contributed by atoms with E-state index in [0.29, 0.717) is 93.5 Å². The number of pyridine rings is 2. The SMILES string of the molecule is Cc1ccnc(-c2cc(C(=O)NCCNC(=O)c3ccc4c(c3)OCCOCCOCCOCCOCCO4)ccn2)c1.[C-]#[O+].[C-]#[O+].[C-]#[O+].[Cl-].[Cl-].[K+].[O-2].[Re].c1ccccc1. The second-order valence-electron chi connectivity index (χ2n) is 10.6. The molecule has 1 aliphatic heterocycles. The molecule has 2 N–H and O–H groups in total. The number of nitrogens with one attached hydrogen (secondary N) is 2. The van der Waals surface area contributed by atoms with E-state index in [-0.39, 0.29) is 134 Å². The van der Waals surface area contributed by atoms with Gasteiger partial charge in [0, 0.05) is 57.0 Å². The molecule has 1 aliphatic rings. The van der Waals surface area contributed by atoms with Crippen LogP contribution in [0.2, 0.25) is 0 Å². The van der Waals surface area contributed by atoms with Crippen molar-refractivity contribution in [2.45, 2.75) is 6.92 Å². The van der Waals surface area contributed by atoms with Gasteiger partial charge >= 0.3 is 85.3 Å². The first-order chi connectivity index (χ1) is 27.1. The summed E-state index contributed by atoms with van der Waals surface area (Å²) in [7, 11) is 0. The van der Waals surface area contributed by atoms with Crippen molar-refractivity contribution in [2.75, 3.05) is 79.2 Å². The Hall–Kier alpha value is -2.82. The summed E-state index contributed by atoms with van der Waals surface area (Å²) in [6.45, 7) is 20.0. The van der Waals surface area contributed by atoms with Gasteiger partial charge in [-0.3, -0.25) is 19.6 Å². The predicted octanol–water partition coefficient (Wildman–Crippen LogP) is -5.09. The first-order valence-corrected chi connectivity index (χ1v) is 16.9. The predicted molar refractivity (Wildman–Crippen MR) is 196 cm³/mol. The zero-order valence-electron chi connectivity index (χ0n) is 33.1. The molecule has 4 aromatic rings. The third-order valence-electron chi connectivity index (χ3n) is 6.86. The van der Waals surface area contributed by atoms with Crippen LogP contribution in [-0.4, -0.2) is 101 Å². The Morgan fingerprint density at radius 3 is 1.37 bits per heavy atom. The van der Waals surface area contributed by atoms with Gasteiger partial charge in [0.25, 0.3) is 11.8 Å². The van der Waals surface area contributed by atoms with Gasteiger partial charge in [-0.1, -0.05) is 36.4 Å². The Labute approximate surface area is 419 Å². The summed E-state index contributed by atoms with van der Waals surface area (Å²) in [4.78, 5) is 34.2. The van der Waals surface area contributed by atoms with Gasteiger partial charge in [0.05, 0.1) is 64.2 Å². The molecule has 2 aromatic heterocycles. The molecule has 0 fully saturated rings. The number of carbonyl (C=O) groups excluding carboxylic acids is 2. The van der Waals surface area contributed by atoms with Crippen molar-refractivity contribution in [1.29, 1.82) is 0 Å². The van der Waals surface area contributed by atoms with Crippen molar-refractivity contribution in [3.05, 3.63) is 128 Å². The first-order valence-electron chi connectivity index (χ1n) is 16.9. The molecule has 0 unspecified atom stereocenters. The van der Waals surface area contributed by atoms with E-state index in [4.69, 9.17) is 42.4 Å². The standard InChI is InChI=1S/C31H38N4O8.C6H6.3CO.2ClH.K.O.Re/c1-23-4-6-32-26(20-23)27-21-25(5-7-33-27)31(37)35-9-8-34-30(36)24-2-3-28-29(22-24)43-19-17-41-15-13-39-11-10-38-12-14-40-16-18-42-28;1-2-4-6-5-3-1;3*1-2;;;;;/h2-7,20-22H,8-19H2,1H3,(H,34,36)(H,35,37);1-6H;;;;2*1H;;;/q;;;;;;;+1;-2;/p-2. The quantitative estimate of drug-likeness (QED) is 0.0809. The van der Waals surface area contributed by atoms with Gasteiger partial charge in [-0.15, -0.1) is 0 Å². The van der Waals surface area contributed by atoms with Crippen molar-refractivity contribution >= 4 is 11.8 Å². The topological polar surface area (TPSA) is 228 Å². The summed E-state index contributed by atoms with van der Waals surface area (Å²) in [6.07, 6.45) is 3.28. The van der Waals surface area contributed by atoms with E-state index < -0.39 is 0 Å². The van der Waals surface area contributed by atoms with E-state index in [2.05, 4.69) is 40.6 Å². The fourth-order valence-electron chi connectivity index (χ4n) is 4.39. The van der Waals surface area contributed by atoms with Crippen LogP contribution in [0.5, 0.6) is 11.5 Å². The van der Waals surface area contributed by atoms with Crippen molar-refractivity contribution in [3.63, 3.8) is 0 Å². The zero-order chi connectivity index (χ0) is 40.4. The van der Waals surface area contributed by atoms with E-state index in [1.165, 1.54) is 0 Å². The van der Waals surface area contributed by atoms with Crippen molar-refractivity contribution in [1.82, 2.24) is 20.6 Å². The summed E-state index contributed by atoms with van der Waals surface area (Å²) >= 11 is 0. The number of aryl methyl sites for hydroxylation is 1. The maximum Gasteiger partial charge on any atom is 1.00 e. The van der Waals surface area contributed by atoms with E-state index in [0.717, 1.165) is 5.56 Å². The molecular formula is C40H44Cl2KN4O12Re-3. The maximum absolute atomic E-state index is 12.9. The van der Waals surface area contributed by atoms with Crippen LogP contribution in [-0.2, 0) is 58.8 Å². The van der Waals surface area contributed by atoms with Crippen molar-refractivity contribution < 1.29 is 154 Å². The molecular weight excluding hydrogens is 1020 g/mol. The summed E-state index contributed by atoms with van der Waals surface area (Å²) in [6, 6.07) is 24.1. The third-order valence-corrected chi connectivity index (χ3v) is 6.86.